The fourth-order valence-electron chi connectivity index (χ4n) is 2.55. The number of carbonyl (C=O) groups excluding carboxylic acids is 1. The van der Waals surface area contributed by atoms with Crippen molar-refractivity contribution in [3.63, 3.8) is 0 Å². The number of hydrogen-bond acceptors (Lipinski definition) is 3. The first-order valence-electron chi connectivity index (χ1n) is 6.53. The summed E-state index contributed by atoms with van der Waals surface area (Å²) in [7, 11) is 0. The number of carboxylic acid groups (broad SMARTS) is 1. The molecule has 1 heterocycles. The van der Waals surface area contributed by atoms with Crippen LogP contribution in [0.5, 0.6) is 0 Å². The molecule has 108 valence electrons. The van der Waals surface area contributed by atoms with Gasteiger partial charge in [0.1, 0.15) is 5.41 Å². The van der Waals surface area contributed by atoms with Gasteiger partial charge in [-0.3, -0.25) is 14.6 Å². The summed E-state index contributed by atoms with van der Waals surface area (Å²) in [6.45, 7) is 1.77. The van der Waals surface area contributed by atoms with Gasteiger partial charge in [-0.05, 0) is 36.6 Å². The summed E-state index contributed by atoms with van der Waals surface area (Å²) >= 11 is 3.38. The predicted octanol–water partition coefficient (Wildman–Crippen LogP) is 3.05. The van der Waals surface area contributed by atoms with E-state index in [2.05, 4.69) is 26.2 Å². The highest BCUT2D eigenvalue weighted by Crippen LogP contribution is 2.53. The molecule has 3 rings (SSSR count). The highest BCUT2D eigenvalue weighted by Gasteiger charge is 2.63. The van der Waals surface area contributed by atoms with Gasteiger partial charge in [-0.15, -0.1) is 0 Å². The van der Waals surface area contributed by atoms with Crippen LogP contribution in [0, 0.1) is 11.3 Å². The number of aromatic nitrogens is 1. The number of amides is 1. The molecule has 1 fully saturated rings. The van der Waals surface area contributed by atoms with Crippen molar-refractivity contribution < 1.29 is 14.7 Å². The SMILES string of the molecule is C[C@@H]1C[C@@]1(C(=O)O)C(=O)Nc1cnc2ccc(Br)cc2c1. The molecule has 0 radical (unpaired) electrons. The van der Waals surface area contributed by atoms with Gasteiger partial charge in [0.25, 0.3) is 0 Å². The maximum Gasteiger partial charge on any atom is 0.319 e. The Balaban J connectivity index is 1.88. The highest BCUT2D eigenvalue weighted by molar-refractivity contribution is 9.10. The van der Waals surface area contributed by atoms with Crippen molar-refractivity contribution in [3.8, 4) is 0 Å². The first-order chi connectivity index (χ1) is 9.93. The molecular weight excluding hydrogens is 336 g/mol. The Kier molecular flexibility index (Phi) is 3.20. The zero-order valence-electron chi connectivity index (χ0n) is 11.3. The topological polar surface area (TPSA) is 79.3 Å². The van der Waals surface area contributed by atoms with Crippen LogP contribution < -0.4 is 5.32 Å². The van der Waals surface area contributed by atoms with Crippen LogP contribution in [-0.2, 0) is 9.59 Å². The van der Waals surface area contributed by atoms with Gasteiger partial charge in [0, 0.05) is 9.86 Å². The van der Waals surface area contributed by atoms with Crippen LogP contribution in [0.15, 0.2) is 34.9 Å². The molecule has 1 aromatic carbocycles. The van der Waals surface area contributed by atoms with E-state index in [-0.39, 0.29) is 5.92 Å². The number of rotatable bonds is 3. The van der Waals surface area contributed by atoms with E-state index in [1.807, 2.05) is 18.2 Å². The number of pyridine rings is 1. The Hall–Kier alpha value is -1.95. The Labute approximate surface area is 129 Å². The summed E-state index contributed by atoms with van der Waals surface area (Å²) < 4.78 is 0.915. The smallest absolute Gasteiger partial charge is 0.319 e. The third-order valence-electron chi connectivity index (χ3n) is 4.00. The van der Waals surface area contributed by atoms with Crippen LogP contribution >= 0.6 is 15.9 Å². The number of nitrogens with zero attached hydrogens (tertiary/aromatic N) is 1. The van der Waals surface area contributed by atoms with E-state index in [1.165, 1.54) is 6.20 Å². The maximum absolute atomic E-state index is 12.2. The van der Waals surface area contributed by atoms with Crippen LogP contribution in [-0.4, -0.2) is 22.0 Å². The van der Waals surface area contributed by atoms with Crippen molar-refractivity contribution in [1.82, 2.24) is 4.98 Å². The van der Waals surface area contributed by atoms with Gasteiger partial charge < -0.3 is 10.4 Å². The molecule has 1 aliphatic carbocycles. The van der Waals surface area contributed by atoms with Gasteiger partial charge in [0.15, 0.2) is 0 Å². The number of benzene rings is 1. The molecule has 5 nitrogen and oxygen atoms in total. The number of carboxylic acids is 1. The maximum atomic E-state index is 12.2. The third-order valence-corrected chi connectivity index (χ3v) is 4.49. The van der Waals surface area contributed by atoms with E-state index < -0.39 is 17.3 Å². The summed E-state index contributed by atoms with van der Waals surface area (Å²) in [4.78, 5) is 27.8. The molecule has 0 spiro atoms. The molecule has 0 saturated heterocycles. The van der Waals surface area contributed by atoms with Crippen LogP contribution in [0.3, 0.4) is 0 Å². The molecule has 0 unspecified atom stereocenters. The van der Waals surface area contributed by atoms with Gasteiger partial charge in [-0.1, -0.05) is 22.9 Å². The van der Waals surface area contributed by atoms with Crippen LogP contribution in [0.25, 0.3) is 10.9 Å². The molecule has 2 N–H and O–H groups in total. The van der Waals surface area contributed by atoms with Crippen molar-refractivity contribution in [3.05, 3.63) is 34.9 Å². The van der Waals surface area contributed by atoms with Crippen molar-refractivity contribution in [2.45, 2.75) is 13.3 Å². The van der Waals surface area contributed by atoms with Gasteiger partial charge in [-0.25, -0.2) is 0 Å². The van der Waals surface area contributed by atoms with Crippen LogP contribution in [0.4, 0.5) is 5.69 Å². The van der Waals surface area contributed by atoms with Gasteiger partial charge in [-0.2, -0.15) is 0 Å². The first kappa shape index (κ1) is 14.0. The second-order valence-corrected chi connectivity index (χ2v) is 6.31. The predicted molar refractivity (Wildman–Crippen MR) is 81.9 cm³/mol. The van der Waals surface area contributed by atoms with E-state index >= 15 is 0 Å². The largest absolute Gasteiger partial charge is 0.480 e. The lowest BCUT2D eigenvalue weighted by atomic mass is 10.0. The second-order valence-electron chi connectivity index (χ2n) is 5.40. The van der Waals surface area contributed by atoms with E-state index in [1.54, 1.807) is 13.0 Å². The standard InChI is InChI=1S/C15H13BrN2O3/c1-8-6-15(8,14(20)21)13(19)18-11-5-9-4-10(16)2-3-12(9)17-7-11/h2-5,7-8H,6H2,1H3,(H,18,19)(H,20,21)/t8-,15+/m1/s1. The molecule has 1 aromatic heterocycles. The van der Waals surface area contributed by atoms with Gasteiger partial charge in [0.05, 0.1) is 17.4 Å². The fourth-order valence-corrected chi connectivity index (χ4v) is 2.93. The van der Waals surface area contributed by atoms with E-state index in [0.717, 1.165) is 15.4 Å². The lowest BCUT2D eigenvalue weighted by Crippen LogP contribution is -2.32. The van der Waals surface area contributed by atoms with Crippen LogP contribution in [0.1, 0.15) is 13.3 Å². The number of fused-ring (bicyclic) bond motifs is 1. The quantitative estimate of drug-likeness (QED) is 0.835. The summed E-state index contributed by atoms with van der Waals surface area (Å²) in [6.07, 6.45) is 1.91. The van der Waals surface area contributed by atoms with Gasteiger partial charge >= 0.3 is 5.97 Å². The lowest BCUT2D eigenvalue weighted by molar-refractivity contribution is -0.148. The molecular formula is C15H13BrN2O3. The third kappa shape index (κ3) is 2.29. The number of hydrogen-bond donors (Lipinski definition) is 2. The summed E-state index contributed by atoms with van der Waals surface area (Å²) in [5.41, 5.74) is 0.0286. The molecule has 21 heavy (non-hydrogen) atoms. The number of anilines is 1. The number of nitrogens with one attached hydrogen (secondary N) is 1. The molecule has 1 amide bonds. The monoisotopic (exact) mass is 348 g/mol. The summed E-state index contributed by atoms with van der Waals surface area (Å²) in [6, 6.07) is 7.43. The Morgan fingerprint density at radius 3 is 2.76 bits per heavy atom. The number of carbonyl (C=O) groups is 2. The van der Waals surface area contributed by atoms with Crippen molar-refractivity contribution in [2.24, 2.45) is 11.3 Å². The lowest BCUT2D eigenvalue weighted by Gasteiger charge is -2.12. The minimum absolute atomic E-state index is 0.141. The Bertz CT molecular complexity index is 762. The highest BCUT2D eigenvalue weighted by atomic mass is 79.9. The van der Waals surface area contributed by atoms with Crippen molar-refractivity contribution >= 4 is 44.4 Å². The normalized spacial score (nSPS) is 23.8. The zero-order valence-corrected chi connectivity index (χ0v) is 12.8. The zero-order chi connectivity index (χ0) is 15.2. The Morgan fingerprint density at radius 2 is 2.14 bits per heavy atom. The van der Waals surface area contributed by atoms with Crippen molar-refractivity contribution in [1.29, 1.82) is 0 Å². The molecule has 2 atom stereocenters. The van der Waals surface area contributed by atoms with E-state index in [4.69, 9.17) is 0 Å². The minimum Gasteiger partial charge on any atom is -0.480 e. The van der Waals surface area contributed by atoms with Crippen LogP contribution in [0.2, 0.25) is 0 Å². The Morgan fingerprint density at radius 1 is 1.43 bits per heavy atom. The molecule has 0 bridgehead atoms. The summed E-state index contributed by atoms with van der Waals surface area (Å²) in [5, 5.41) is 12.8. The molecule has 1 aliphatic rings. The molecule has 0 aliphatic heterocycles. The molecule has 6 heteroatoms. The number of aliphatic carboxylic acids is 1. The van der Waals surface area contributed by atoms with Gasteiger partial charge in [0.2, 0.25) is 5.91 Å². The first-order valence-corrected chi connectivity index (χ1v) is 7.33. The van der Waals surface area contributed by atoms with E-state index in [0.29, 0.717) is 12.1 Å². The average molecular weight is 349 g/mol. The fraction of sp³-hybridized carbons (Fsp3) is 0.267. The number of halogens is 1. The average Bonchev–Trinajstić information content (AvgIpc) is 3.11. The van der Waals surface area contributed by atoms with E-state index in [9.17, 15) is 14.7 Å². The summed E-state index contributed by atoms with van der Waals surface area (Å²) in [5.74, 6) is -1.68. The molecule has 2 aromatic rings. The minimum atomic E-state index is -1.29. The van der Waals surface area contributed by atoms with Crippen molar-refractivity contribution in [2.75, 3.05) is 5.32 Å². The second kappa shape index (κ2) is 4.80. The molecule has 1 saturated carbocycles.